The standard InChI is InChI=1S/C53H40O/c1-31-33(3)53(54)34(4)32(2)49(31)52-45-22-12-10-20-43(45)51(44-21-11-13-23-46(44)52)48-30-40(28-37-17-8-9-19-41(37)48)36-25-26-38-27-39-18-14-24-42(50(39)47(38)29-36)35-15-6-5-7-16-35/h6,8-13,15-23,25-26,28-30,54H,5,7,27H2,1-4H3. The van der Waals surface area contributed by atoms with E-state index in [1.54, 1.807) is 0 Å². The number of hydrogen-bond acceptors (Lipinski definition) is 1. The van der Waals surface area contributed by atoms with Crippen LogP contribution >= 0.6 is 0 Å². The number of benzene rings is 7. The summed E-state index contributed by atoms with van der Waals surface area (Å²) in [6, 6.07) is 38.5. The van der Waals surface area contributed by atoms with Crippen LogP contribution in [0.5, 0.6) is 5.75 Å². The van der Waals surface area contributed by atoms with E-state index in [2.05, 4.69) is 153 Å². The molecular formula is C53H40O. The second kappa shape index (κ2) is 12.4. The molecule has 3 aliphatic rings. The van der Waals surface area contributed by atoms with Gasteiger partial charge in [0.2, 0.25) is 0 Å². The van der Waals surface area contributed by atoms with Gasteiger partial charge in [-0.15, -0.1) is 0 Å². The maximum absolute atomic E-state index is 11.0. The summed E-state index contributed by atoms with van der Waals surface area (Å²) in [5.74, 6) is 0.396. The molecule has 0 radical (unpaired) electrons. The van der Waals surface area contributed by atoms with Crippen molar-refractivity contribution in [2.75, 3.05) is 0 Å². The topological polar surface area (TPSA) is 20.2 Å². The van der Waals surface area contributed by atoms with Crippen LogP contribution in [0.3, 0.4) is 0 Å². The first-order valence-corrected chi connectivity index (χ1v) is 19.1. The second-order valence-electron chi connectivity index (χ2n) is 15.2. The van der Waals surface area contributed by atoms with Crippen LogP contribution in [0.2, 0.25) is 0 Å². The van der Waals surface area contributed by atoms with E-state index in [0.29, 0.717) is 5.75 Å². The molecule has 7 aromatic rings. The van der Waals surface area contributed by atoms with Gasteiger partial charge in [0.25, 0.3) is 0 Å². The minimum absolute atomic E-state index is 0.396. The van der Waals surface area contributed by atoms with Crippen LogP contribution < -0.4 is 0 Å². The number of aromatic hydroxyl groups is 1. The summed E-state index contributed by atoms with van der Waals surface area (Å²) in [6.07, 6.45) is 12.1. The van der Waals surface area contributed by atoms with Crippen molar-refractivity contribution >= 4 is 37.9 Å². The highest BCUT2D eigenvalue weighted by atomic mass is 16.3. The van der Waals surface area contributed by atoms with E-state index in [1.807, 2.05) is 13.8 Å². The lowest BCUT2D eigenvalue weighted by atomic mass is 9.80. The Labute approximate surface area is 316 Å². The third-order valence-electron chi connectivity index (χ3n) is 12.3. The average Bonchev–Trinajstić information content (AvgIpc) is 3.60. The third kappa shape index (κ3) is 4.80. The van der Waals surface area contributed by atoms with Gasteiger partial charge in [0, 0.05) is 11.1 Å². The summed E-state index contributed by atoms with van der Waals surface area (Å²) in [7, 11) is 0. The molecule has 54 heavy (non-hydrogen) atoms. The van der Waals surface area contributed by atoms with Gasteiger partial charge in [-0.3, -0.25) is 0 Å². The third-order valence-corrected chi connectivity index (χ3v) is 12.3. The first-order valence-electron chi connectivity index (χ1n) is 19.1. The molecule has 0 saturated carbocycles. The van der Waals surface area contributed by atoms with Crippen LogP contribution in [0.15, 0.2) is 156 Å². The molecule has 0 aliphatic heterocycles. The molecule has 0 atom stereocenters. The Hall–Kier alpha value is -6.36. The minimum atomic E-state index is 0.396. The van der Waals surface area contributed by atoms with Gasteiger partial charge < -0.3 is 5.11 Å². The Bertz CT molecular complexity index is 2930. The molecule has 0 heterocycles. The zero-order valence-corrected chi connectivity index (χ0v) is 31.2. The van der Waals surface area contributed by atoms with E-state index in [9.17, 15) is 5.11 Å². The summed E-state index contributed by atoms with van der Waals surface area (Å²) >= 11 is 0. The van der Waals surface area contributed by atoms with Gasteiger partial charge in [-0.05, 0) is 181 Å². The van der Waals surface area contributed by atoms with Crippen LogP contribution in [0.25, 0.3) is 71.3 Å². The summed E-state index contributed by atoms with van der Waals surface area (Å²) in [5, 5.41) is 18.4. The Morgan fingerprint density at radius 2 is 1.20 bits per heavy atom. The number of phenols is 1. The van der Waals surface area contributed by atoms with Crippen molar-refractivity contribution in [1.82, 2.24) is 0 Å². The van der Waals surface area contributed by atoms with Gasteiger partial charge in [0.15, 0.2) is 0 Å². The predicted molar refractivity (Wildman–Crippen MR) is 228 cm³/mol. The van der Waals surface area contributed by atoms with Crippen molar-refractivity contribution in [3.63, 3.8) is 0 Å². The number of rotatable bonds is 4. The van der Waals surface area contributed by atoms with Crippen LogP contribution in [0, 0.1) is 27.7 Å². The molecule has 0 aromatic heterocycles. The molecule has 258 valence electrons. The van der Waals surface area contributed by atoms with E-state index in [4.69, 9.17) is 0 Å². The lowest BCUT2D eigenvalue weighted by Gasteiger charge is -2.23. The smallest absolute Gasteiger partial charge is 0.121 e. The highest BCUT2D eigenvalue weighted by molar-refractivity contribution is 6.24. The van der Waals surface area contributed by atoms with Crippen molar-refractivity contribution in [3.05, 3.63) is 189 Å². The Kier molecular flexibility index (Phi) is 7.40. The van der Waals surface area contributed by atoms with Crippen molar-refractivity contribution in [2.24, 2.45) is 0 Å². The average molecular weight is 693 g/mol. The zero-order valence-electron chi connectivity index (χ0n) is 31.2. The van der Waals surface area contributed by atoms with Gasteiger partial charge in [-0.2, -0.15) is 0 Å². The van der Waals surface area contributed by atoms with Gasteiger partial charge in [-0.25, -0.2) is 0 Å². The van der Waals surface area contributed by atoms with Crippen LogP contribution in [0.4, 0.5) is 0 Å². The largest absolute Gasteiger partial charge is 0.507 e. The summed E-state index contributed by atoms with van der Waals surface area (Å²) in [4.78, 5) is 0. The van der Waals surface area contributed by atoms with Crippen molar-refractivity contribution in [3.8, 4) is 39.1 Å². The fourth-order valence-electron chi connectivity index (χ4n) is 9.34. The predicted octanol–water partition coefficient (Wildman–Crippen LogP) is 13.9. The van der Waals surface area contributed by atoms with Gasteiger partial charge in [0.05, 0.1) is 0 Å². The highest BCUT2D eigenvalue weighted by Crippen LogP contribution is 2.50. The molecule has 0 saturated heterocycles. The molecule has 1 heteroatoms. The molecule has 10 rings (SSSR count). The van der Waals surface area contributed by atoms with Gasteiger partial charge >= 0.3 is 0 Å². The van der Waals surface area contributed by atoms with E-state index in [-0.39, 0.29) is 0 Å². The lowest BCUT2D eigenvalue weighted by molar-refractivity contribution is 0.466. The minimum Gasteiger partial charge on any atom is -0.507 e. The monoisotopic (exact) mass is 692 g/mol. The molecule has 0 amide bonds. The van der Waals surface area contributed by atoms with Crippen LogP contribution in [0.1, 0.15) is 46.2 Å². The van der Waals surface area contributed by atoms with Crippen LogP contribution in [-0.4, -0.2) is 5.11 Å². The molecule has 1 N–H and O–H groups in total. The Morgan fingerprint density at radius 3 is 1.87 bits per heavy atom. The number of fused-ring (bicyclic) bond motifs is 5. The van der Waals surface area contributed by atoms with E-state index < -0.39 is 0 Å². The fraction of sp³-hybridized carbons (Fsp3) is 0.132. The number of hydrogen-bond donors (Lipinski definition) is 1. The number of phenolic OH excluding ortho intramolecular Hbond substituents is 1. The molecule has 0 bridgehead atoms. The zero-order chi connectivity index (χ0) is 36.7. The van der Waals surface area contributed by atoms with E-state index in [0.717, 1.165) is 41.5 Å². The second-order valence-corrected chi connectivity index (χ2v) is 15.2. The quantitative estimate of drug-likeness (QED) is 0.144. The van der Waals surface area contributed by atoms with E-state index >= 15 is 0 Å². The lowest BCUT2D eigenvalue weighted by Crippen LogP contribution is -1.99. The van der Waals surface area contributed by atoms with Crippen molar-refractivity contribution < 1.29 is 5.11 Å². The molecule has 0 unspecified atom stereocenters. The molecule has 0 fully saturated rings. The van der Waals surface area contributed by atoms with Crippen molar-refractivity contribution in [2.45, 2.75) is 47.0 Å². The SMILES string of the molecule is Cc1c(C)c(-c2c3ccccc3c(-c3cc(-c4ccc5c(c4)C4=C(C=C=C=C4C4=CCCC=C4)C5)cc4ccccc34)c3ccccc23)c(C)c(C)c1O. The molecule has 1 nitrogen and oxygen atoms in total. The molecular weight excluding hydrogens is 653 g/mol. The number of allylic oxidation sites excluding steroid dienone is 8. The Balaban J connectivity index is 1.23. The van der Waals surface area contributed by atoms with Gasteiger partial charge in [0.1, 0.15) is 5.75 Å². The van der Waals surface area contributed by atoms with Gasteiger partial charge in [-0.1, -0.05) is 115 Å². The van der Waals surface area contributed by atoms with Crippen LogP contribution in [-0.2, 0) is 6.42 Å². The summed E-state index contributed by atoms with van der Waals surface area (Å²) < 4.78 is 0. The maximum atomic E-state index is 11.0. The van der Waals surface area contributed by atoms with Crippen molar-refractivity contribution in [1.29, 1.82) is 0 Å². The maximum Gasteiger partial charge on any atom is 0.121 e. The first kappa shape index (κ1) is 32.3. The molecule has 7 aromatic carbocycles. The summed E-state index contributed by atoms with van der Waals surface area (Å²) in [6.45, 7) is 8.39. The molecule has 0 spiro atoms. The summed E-state index contributed by atoms with van der Waals surface area (Å²) in [5.41, 5.74) is 26.0. The Morgan fingerprint density at radius 1 is 0.574 bits per heavy atom. The highest BCUT2D eigenvalue weighted by Gasteiger charge is 2.27. The normalized spacial score (nSPS) is 14.6. The fourth-order valence-corrected chi connectivity index (χ4v) is 9.34. The van der Waals surface area contributed by atoms with E-state index in [1.165, 1.54) is 99.1 Å². The first-order chi connectivity index (χ1) is 26.4. The molecule has 3 aliphatic carbocycles.